The smallest absolute Gasteiger partial charge is 0.236 e. The third-order valence-corrected chi connectivity index (χ3v) is 6.04. The molecule has 3 fully saturated rings. The molecule has 0 radical (unpaired) electrons. The molecule has 0 N–H and O–H groups in total. The average molecular weight is 324 g/mol. The fraction of sp³-hybridized carbons (Fsp3) is 0.571. The highest BCUT2D eigenvalue weighted by molar-refractivity contribution is 5.78. The van der Waals surface area contributed by atoms with Crippen LogP contribution in [0.3, 0.4) is 0 Å². The molecule has 1 amide bonds. The standard InChI is InChI=1S/C21H28N2O/c1-16-4-2-3-5-18(16)7-6-17-8-10-23(11-9-17)21(24)15-22-13-19-12-20(19)14-22/h2-7,17,19-20H,8-15H2,1H3. The second-order valence-corrected chi connectivity index (χ2v) is 7.88. The van der Waals surface area contributed by atoms with Gasteiger partial charge in [-0.15, -0.1) is 0 Å². The maximum atomic E-state index is 12.5. The number of fused-ring (bicyclic) bond motifs is 1. The number of rotatable bonds is 4. The lowest BCUT2D eigenvalue weighted by molar-refractivity contribution is -0.133. The molecule has 2 saturated heterocycles. The molecule has 0 aromatic heterocycles. The van der Waals surface area contributed by atoms with Crippen LogP contribution in [0, 0.1) is 24.7 Å². The minimum atomic E-state index is 0.345. The van der Waals surface area contributed by atoms with Crippen LogP contribution in [-0.2, 0) is 4.79 Å². The number of piperidine rings is 2. The van der Waals surface area contributed by atoms with Gasteiger partial charge < -0.3 is 4.90 Å². The van der Waals surface area contributed by atoms with Crippen LogP contribution >= 0.6 is 0 Å². The van der Waals surface area contributed by atoms with Gasteiger partial charge >= 0.3 is 0 Å². The lowest BCUT2D eigenvalue weighted by Crippen LogP contribution is -2.43. The largest absolute Gasteiger partial charge is 0.342 e. The molecule has 24 heavy (non-hydrogen) atoms. The van der Waals surface area contributed by atoms with Crippen LogP contribution in [0.4, 0.5) is 0 Å². The molecular weight excluding hydrogens is 296 g/mol. The highest BCUT2D eigenvalue weighted by Gasteiger charge is 2.45. The molecule has 3 heteroatoms. The number of carbonyl (C=O) groups excluding carboxylic acids is 1. The molecular formula is C21H28N2O. The second kappa shape index (κ2) is 6.72. The number of hydrogen-bond donors (Lipinski definition) is 0. The summed E-state index contributed by atoms with van der Waals surface area (Å²) in [5, 5.41) is 0. The van der Waals surface area contributed by atoms with Crippen molar-refractivity contribution in [3.05, 3.63) is 41.5 Å². The monoisotopic (exact) mass is 324 g/mol. The van der Waals surface area contributed by atoms with Crippen LogP contribution in [0.1, 0.15) is 30.4 Å². The topological polar surface area (TPSA) is 23.6 Å². The van der Waals surface area contributed by atoms with Crippen molar-refractivity contribution in [3.8, 4) is 0 Å². The van der Waals surface area contributed by atoms with Crippen molar-refractivity contribution in [2.24, 2.45) is 17.8 Å². The summed E-state index contributed by atoms with van der Waals surface area (Å²) in [5.41, 5.74) is 2.63. The molecule has 1 saturated carbocycles. The number of amides is 1. The molecule has 0 bridgehead atoms. The van der Waals surface area contributed by atoms with Crippen molar-refractivity contribution >= 4 is 12.0 Å². The van der Waals surface area contributed by atoms with Gasteiger partial charge in [0.1, 0.15) is 0 Å². The Morgan fingerprint density at radius 1 is 1.17 bits per heavy atom. The predicted molar refractivity (Wildman–Crippen MR) is 97.6 cm³/mol. The minimum Gasteiger partial charge on any atom is -0.342 e. The lowest BCUT2D eigenvalue weighted by atomic mass is 9.95. The summed E-state index contributed by atoms with van der Waals surface area (Å²) in [6.45, 7) is 6.96. The van der Waals surface area contributed by atoms with Gasteiger partial charge in [-0.1, -0.05) is 36.4 Å². The van der Waals surface area contributed by atoms with Gasteiger partial charge in [-0.25, -0.2) is 0 Å². The SMILES string of the molecule is Cc1ccccc1C=CC1CCN(C(=O)CN2CC3CC3C2)CC1. The predicted octanol–water partition coefficient (Wildman–Crippen LogP) is 3.20. The zero-order valence-corrected chi connectivity index (χ0v) is 14.7. The Morgan fingerprint density at radius 3 is 2.58 bits per heavy atom. The number of hydrogen-bond acceptors (Lipinski definition) is 2. The zero-order chi connectivity index (χ0) is 16.5. The van der Waals surface area contributed by atoms with Crippen LogP contribution in [0.5, 0.6) is 0 Å². The minimum absolute atomic E-state index is 0.345. The summed E-state index contributed by atoms with van der Waals surface area (Å²) in [5.74, 6) is 2.77. The first kappa shape index (κ1) is 15.9. The van der Waals surface area contributed by atoms with Gasteiger partial charge in [-0.3, -0.25) is 9.69 Å². The van der Waals surface area contributed by atoms with Crippen LogP contribution in [0.2, 0.25) is 0 Å². The molecule has 2 heterocycles. The fourth-order valence-electron chi connectivity index (χ4n) is 4.27. The third-order valence-electron chi connectivity index (χ3n) is 6.04. The highest BCUT2D eigenvalue weighted by Crippen LogP contribution is 2.44. The van der Waals surface area contributed by atoms with E-state index in [1.807, 2.05) is 0 Å². The summed E-state index contributed by atoms with van der Waals surface area (Å²) >= 11 is 0. The maximum Gasteiger partial charge on any atom is 0.236 e. The summed E-state index contributed by atoms with van der Waals surface area (Å²) in [6.07, 6.45) is 8.20. The Morgan fingerprint density at radius 2 is 1.88 bits per heavy atom. The Labute approximate surface area is 145 Å². The van der Waals surface area contributed by atoms with E-state index in [0.717, 1.165) is 50.9 Å². The number of allylic oxidation sites excluding steroid dienone is 1. The number of nitrogens with zero attached hydrogens (tertiary/aromatic N) is 2. The van der Waals surface area contributed by atoms with Crippen LogP contribution in [0.15, 0.2) is 30.3 Å². The fourth-order valence-corrected chi connectivity index (χ4v) is 4.27. The average Bonchev–Trinajstić information content (AvgIpc) is 3.21. The number of likely N-dealkylation sites (tertiary alicyclic amines) is 2. The van der Waals surface area contributed by atoms with Gasteiger partial charge in [-0.05, 0) is 55.1 Å². The highest BCUT2D eigenvalue weighted by atomic mass is 16.2. The molecule has 0 spiro atoms. The number of carbonyl (C=O) groups is 1. The Balaban J connectivity index is 1.24. The zero-order valence-electron chi connectivity index (χ0n) is 14.7. The van der Waals surface area contributed by atoms with E-state index in [2.05, 4.69) is 53.1 Å². The Kier molecular flexibility index (Phi) is 4.45. The van der Waals surface area contributed by atoms with Gasteiger partial charge in [0.05, 0.1) is 6.54 Å². The van der Waals surface area contributed by atoms with Crippen molar-refractivity contribution in [3.63, 3.8) is 0 Å². The molecule has 4 rings (SSSR count). The summed E-state index contributed by atoms with van der Waals surface area (Å²) < 4.78 is 0. The van der Waals surface area contributed by atoms with Gasteiger partial charge in [0.25, 0.3) is 0 Å². The first-order valence-electron chi connectivity index (χ1n) is 9.43. The second-order valence-electron chi connectivity index (χ2n) is 7.88. The van der Waals surface area contributed by atoms with Crippen LogP contribution < -0.4 is 0 Å². The lowest BCUT2D eigenvalue weighted by Gasteiger charge is -2.32. The molecule has 2 atom stereocenters. The van der Waals surface area contributed by atoms with Crippen molar-refractivity contribution in [2.75, 3.05) is 32.7 Å². The molecule has 128 valence electrons. The van der Waals surface area contributed by atoms with Gasteiger partial charge in [0.15, 0.2) is 0 Å². The molecule has 3 nitrogen and oxygen atoms in total. The Hall–Kier alpha value is -1.61. The first-order valence-corrected chi connectivity index (χ1v) is 9.43. The summed E-state index contributed by atoms with van der Waals surface area (Å²) in [4.78, 5) is 16.9. The van der Waals surface area contributed by atoms with E-state index < -0.39 is 0 Å². The summed E-state index contributed by atoms with van der Waals surface area (Å²) in [7, 11) is 0. The molecule has 2 aliphatic heterocycles. The van der Waals surface area contributed by atoms with Crippen molar-refractivity contribution in [1.82, 2.24) is 9.80 Å². The van der Waals surface area contributed by atoms with E-state index in [4.69, 9.17) is 0 Å². The van der Waals surface area contributed by atoms with Crippen molar-refractivity contribution in [2.45, 2.75) is 26.2 Å². The number of benzene rings is 1. The van der Waals surface area contributed by atoms with E-state index in [1.165, 1.54) is 17.5 Å². The normalized spacial score (nSPS) is 27.6. The van der Waals surface area contributed by atoms with E-state index in [-0.39, 0.29) is 0 Å². The molecule has 1 aromatic rings. The summed E-state index contributed by atoms with van der Waals surface area (Å²) in [6, 6.07) is 8.51. The van der Waals surface area contributed by atoms with Crippen LogP contribution in [-0.4, -0.2) is 48.4 Å². The van der Waals surface area contributed by atoms with Gasteiger partial charge in [-0.2, -0.15) is 0 Å². The number of aryl methyl sites for hydroxylation is 1. The third kappa shape index (κ3) is 3.56. The van der Waals surface area contributed by atoms with E-state index >= 15 is 0 Å². The van der Waals surface area contributed by atoms with E-state index in [9.17, 15) is 4.79 Å². The van der Waals surface area contributed by atoms with E-state index in [0.29, 0.717) is 18.4 Å². The Bertz CT molecular complexity index is 620. The van der Waals surface area contributed by atoms with Gasteiger partial charge in [0.2, 0.25) is 5.91 Å². The quantitative estimate of drug-likeness (QED) is 0.849. The molecule has 2 unspecified atom stereocenters. The first-order chi connectivity index (χ1) is 11.7. The maximum absolute atomic E-state index is 12.5. The molecule has 3 aliphatic rings. The van der Waals surface area contributed by atoms with Gasteiger partial charge in [0, 0.05) is 26.2 Å². The molecule has 1 aromatic carbocycles. The van der Waals surface area contributed by atoms with E-state index in [1.54, 1.807) is 0 Å². The van der Waals surface area contributed by atoms with Crippen LogP contribution in [0.25, 0.3) is 6.08 Å². The van der Waals surface area contributed by atoms with Crippen molar-refractivity contribution in [1.29, 1.82) is 0 Å². The molecule has 1 aliphatic carbocycles. The van der Waals surface area contributed by atoms with Crippen molar-refractivity contribution < 1.29 is 4.79 Å².